The van der Waals surface area contributed by atoms with Gasteiger partial charge >= 0.3 is 0 Å². The van der Waals surface area contributed by atoms with Gasteiger partial charge < -0.3 is 19.5 Å². The van der Waals surface area contributed by atoms with E-state index in [0.717, 1.165) is 48.6 Å². The highest BCUT2D eigenvalue weighted by atomic mass is 16.5. The molecule has 3 heterocycles. The van der Waals surface area contributed by atoms with Crippen LogP contribution in [0.4, 0.5) is 11.5 Å². The molecule has 0 spiro atoms. The van der Waals surface area contributed by atoms with Gasteiger partial charge in [0, 0.05) is 24.3 Å². The lowest BCUT2D eigenvalue weighted by molar-refractivity contribution is -0.116. The van der Waals surface area contributed by atoms with E-state index in [0.29, 0.717) is 5.82 Å². The molecule has 3 aromatic rings. The van der Waals surface area contributed by atoms with Gasteiger partial charge in [0.25, 0.3) is 0 Å². The van der Waals surface area contributed by atoms with E-state index in [1.165, 1.54) is 0 Å². The third kappa shape index (κ3) is 3.41. The van der Waals surface area contributed by atoms with Crippen molar-refractivity contribution in [1.82, 2.24) is 9.55 Å². The molecule has 4 rings (SSSR count). The van der Waals surface area contributed by atoms with Gasteiger partial charge in [-0.3, -0.25) is 4.79 Å². The SMILES string of the molecule is Cc1cc2ccccc2n1CC(=O)Nc1ccc(N2CCOCC2)cn1. The predicted octanol–water partition coefficient (Wildman–Crippen LogP) is 2.82. The summed E-state index contributed by atoms with van der Waals surface area (Å²) in [6.45, 7) is 5.50. The maximum Gasteiger partial charge on any atom is 0.245 e. The fourth-order valence-electron chi connectivity index (χ4n) is 3.35. The maximum absolute atomic E-state index is 12.5. The van der Waals surface area contributed by atoms with E-state index in [1.807, 2.05) is 41.8 Å². The van der Waals surface area contributed by atoms with E-state index in [1.54, 1.807) is 6.20 Å². The monoisotopic (exact) mass is 350 g/mol. The van der Waals surface area contributed by atoms with Gasteiger partial charge in [0.15, 0.2) is 0 Å². The molecule has 6 nitrogen and oxygen atoms in total. The molecule has 1 aliphatic rings. The second kappa shape index (κ2) is 7.17. The topological polar surface area (TPSA) is 59.4 Å². The lowest BCUT2D eigenvalue weighted by Crippen LogP contribution is -2.36. The first-order chi connectivity index (χ1) is 12.7. The van der Waals surface area contributed by atoms with Gasteiger partial charge in [-0.2, -0.15) is 0 Å². The second-order valence-electron chi connectivity index (χ2n) is 6.48. The van der Waals surface area contributed by atoms with Crippen LogP contribution in [0, 0.1) is 6.92 Å². The molecule has 1 N–H and O–H groups in total. The lowest BCUT2D eigenvalue weighted by atomic mass is 10.2. The van der Waals surface area contributed by atoms with E-state index in [2.05, 4.69) is 27.3 Å². The Labute approximate surface area is 152 Å². The summed E-state index contributed by atoms with van der Waals surface area (Å²) in [6.07, 6.45) is 1.80. The number of carbonyl (C=O) groups excluding carboxylic acids is 1. The molecule has 0 aliphatic carbocycles. The van der Waals surface area contributed by atoms with Crippen LogP contribution >= 0.6 is 0 Å². The highest BCUT2D eigenvalue weighted by Gasteiger charge is 2.13. The van der Waals surface area contributed by atoms with Crippen molar-refractivity contribution in [3.63, 3.8) is 0 Å². The van der Waals surface area contributed by atoms with Crippen LogP contribution in [0.2, 0.25) is 0 Å². The minimum atomic E-state index is -0.0823. The molecule has 1 amide bonds. The minimum absolute atomic E-state index is 0.0823. The number of fused-ring (bicyclic) bond motifs is 1. The molecule has 1 fully saturated rings. The first-order valence-electron chi connectivity index (χ1n) is 8.84. The summed E-state index contributed by atoms with van der Waals surface area (Å²) >= 11 is 0. The molecule has 0 unspecified atom stereocenters. The maximum atomic E-state index is 12.5. The van der Waals surface area contributed by atoms with Gasteiger partial charge in [-0.25, -0.2) is 4.98 Å². The molecule has 0 bridgehead atoms. The van der Waals surface area contributed by atoms with E-state index in [4.69, 9.17) is 4.74 Å². The first kappa shape index (κ1) is 16.6. The normalized spacial score (nSPS) is 14.6. The van der Waals surface area contributed by atoms with Crippen LogP contribution in [0.1, 0.15) is 5.69 Å². The Morgan fingerprint density at radius 3 is 2.77 bits per heavy atom. The van der Waals surface area contributed by atoms with Crippen LogP contribution in [-0.2, 0) is 16.1 Å². The summed E-state index contributed by atoms with van der Waals surface area (Å²) in [7, 11) is 0. The molecule has 1 saturated heterocycles. The zero-order valence-electron chi connectivity index (χ0n) is 14.8. The number of hydrogen-bond acceptors (Lipinski definition) is 4. The van der Waals surface area contributed by atoms with Gasteiger partial charge in [0.1, 0.15) is 12.4 Å². The Morgan fingerprint density at radius 2 is 2.00 bits per heavy atom. The summed E-state index contributed by atoms with van der Waals surface area (Å²) in [5.41, 5.74) is 3.19. The Bertz CT molecular complexity index is 911. The highest BCUT2D eigenvalue weighted by molar-refractivity contribution is 5.91. The van der Waals surface area contributed by atoms with Gasteiger partial charge in [0.05, 0.1) is 25.1 Å². The van der Waals surface area contributed by atoms with Crippen LogP contribution in [0.25, 0.3) is 10.9 Å². The van der Waals surface area contributed by atoms with E-state index >= 15 is 0 Å². The first-order valence-corrected chi connectivity index (χ1v) is 8.84. The number of morpholine rings is 1. The van der Waals surface area contributed by atoms with Gasteiger partial charge in [0.2, 0.25) is 5.91 Å². The molecule has 0 radical (unpaired) electrons. The zero-order chi connectivity index (χ0) is 17.9. The van der Waals surface area contributed by atoms with Crippen molar-refractivity contribution in [2.75, 3.05) is 36.5 Å². The number of pyridine rings is 1. The fourth-order valence-corrected chi connectivity index (χ4v) is 3.35. The number of nitrogens with one attached hydrogen (secondary N) is 1. The Hall–Kier alpha value is -2.86. The van der Waals surface area contributed by atoms with Crippen LogP contribution in [0.15, 0.2) is 48.7 Å². The minimum Gasteiger partial charge on any atom is -0.378 e. The molecule has 26 heavy (non-hydrogen) atoms. The molecule has 1 aromatic carbocycles. The number of anilines is 2. The molecular weight excluding hydrogens is 328 g/mol. The molecule has 134 valence electrons. The molecule has 2 aromatic heterocycles. The smallest absolute Gasteiger partial charge is 0.245 e. The van der Waals surface area contributed by atoms with Crippen LogP contribution < -0.4 is 10.2 Å². The number of nitrogens with zero attached hydrogens (tertiary/aromatic N) is 3. The van der Waals surface area contributed by atoms with Crippen LogP contribution in [0.3, 0.4) is 0 Å². The average molecular weight is 350 g/mol. The number of rotatable bonds is 4. The van der Waals surface area contributed by atoms with Crippen molar-refractivity contribution in [3.8, 4) is 0 Å². The van der Waals surface area contributed by atoms with E-state index in [9.17, 15) is 4.79 Å². The van der Waals surface area contributed by atoms with Gasteiger partial charge in [-0.15, -0.1) is 0 Å². The fraction of sp³-hybridized carbons (Fsp3) is 0.300. The number of amides is 1. The molecule has 1 aliphatic heterocycles. The van der Waals surface area contributed by atoms with Crippen molar-refractivity contribution < 1.29 is 9.53 Å². The summed E-state index contributed by atoms with van der Waals surface area (Å²) in [5.74, 6) is 0.488. The van der Waals surface area contributed by atoms with Gasteiger partial charge in [-0.05, 0) is 36.6 Å². The predicted molar refractivity (Wildman–Crippen MR) is 103 cm³/mol. The lowest BCUT2D eigenvalue weighted by Gasteiger charge is -2.28. The molecule has 0 saturated carbocycles. The Kier molecular flexibility index (Phi) is 4.58. The van der Waals surface area contributed by atoms with Crippen molar-refractivity contribution in [3.05, 3.63) is 54.4 Å². The van der Waals surface area contributed by atoms with Crippen LogP contribution in [0.5, 0.6) is 0 Å². The van der Waals surface area contributed by atoms with Crippen molar-refractivity contribution >= 4 is 28.3 Å². The number of aromatic nitrogens is 2. The number of para-hydroxylation sites is 1. The number of carbonyl (C=O) groups is 1. The summed E-state index contributed by atoms with van der Waals surface area (Å²) in [4.78, 5) is 19.1. The summed E-state index contributed by atoms with van der Waals surface area (Å²) in [6, 6.07) is 14.0. The second-order valence-corrected chi connectivity index (χ2v) is 6.48. The van der Waals surface area contributed by atoms with Gasteiger partial charge in [-0.1, -0.05) is 18.2 Å². The third-order valence-corrected chi connectivity index (χ3v) is 4.71. The molecule has 6 heteroatoms. The van der Waals surface area contributed by atoms with Crippen molar-refractivity contribution in [2.45, 2.75) is 13.5 Å². The largest absolute Gasteiger partial charge is 0.378 e. The standard InChI is InChI=1S/C20H22N4O2/c1-15-12-16-4-2-3-5-18(16)24(15)14-20(25)22-19-7-6-17(13-21-19)23-8-10-26-11-9-23/h2-7,12-13H,8-11,14H2,1H3,(H,21,22,25). The highest BCUT2D eigenvalue weighted by Crippen LogP contribution is 2.20. The average Bonchev–Trinajstić information content (AvgIpc) is 2.98. The summed E-state index contributed by atoms with van der Waals surface area (Å²) < 4.78 is 7.39. The number of hydrogen-bond donors (Lipinski definition) is 1. The quantitative estimate of drug-likeness (QED) is 0.786. The number of benzene rings is 1. The van der Waals surface area contributed by atoms with E-state index < -0.39 is 0 Å². The third-order valence-electron chi connectivity index (χ3n) is 4.71. The van der Waals surface area contributed by atoms with Crippen molar-refractivity contribution in [2.24, 2.45) is 0 Å². The number of ether oxygens (including phenoxy) is 1. The van der Waals surface area contributed by atoms with Crippen LogP contribution in [-0.4, -0.2) is 41.8 Å². The Balaban J connectivity index is 1.43. The molecule has 0 atom stereocenters. The number of aryl methyl sites for hydroxylation is 1. The Morgan fingerprint density at radius 1 is 1.19 bits per heavy atom. The van der Waals surface area contributed by atoms with Crippen molar-refractivity contribution in [1.29, 1.82) is 0 Å². The zero-order valence-corrected chi connectivity index (χ0v) is 14.8. The van der Waals surface area contributed by atoms with E-state index in [-0.39, 0.29) is 12.5 Å². The molecular formula is C20H22N4O2. The summed E-state index contributed by atoms with van der Waals surface area (Å²) in [5, 5.41) is 4.03.